The maximum absolute atomic E-state index is 10.9. The van der Waals surface area contributed by atoms with Crippen molar-refractivity contribution in [1.29, 1.82) is 0 Å². The molecule has 0 aliphatic heterocycles. The Morgan fingerprint density at radius 1 is 1.54 bits per heavy atom. The van der Waals surface area contributed by atoms with E-state index < -0.39 is 0 Å². The molecule has 0 aliphatic rings. The molecule has 13 heavy (non-hydrogen) atoms. The van der Waals surface area contributed by atoms with Gasteiger partial charge >= 0.3 is 0 Å². The molecule has 3 heteroatoms. The number of thioether (sulfide) groups is 1. The second kappa shape index (κ2) is 4.82. The maximum Gasteiger partial charge on any atom is 0.153 e. The molecule has 1 rings (SSSR count). The molecule has 0 radical (unpaired) electrons. The van der Waals surface area contributed by atoms with E-state index in [-0.39, 0.29) is 5.78 Å². The molecular weight excluding hydrogens is 182 g/mol. The number of aromatic nitrogens is 1. The highest BCUT2D eigenvalue weighted by atomic mass is 32.2. The van der Waals surface area contributed by atoms with Crippen LogP contribution in [0.5, 0.6) is 0 Å². The SMILES string of the molecule is CS/C(=C/C(C)=O)c1ccccn1. The number of pyridine rings is 1. The maximum atomic E-state index is 10.9. The standard InChI is InChI=1S/C10H11NOS/c1-8(12)7-10(13-2)9-5-3-4-6-11-9/h3-7H,1-2H3/b10-7+. The minimum absolute atomic E-state index is 0.0509. The summed E-state index contributed by atoms with van der Waals surface area (Å²) in [5.74, 6) is 0.0509. The molecule has 0 N–H and O–H groups in total. The van der Waals surface area contributed by atoms with Gasteiger partial charge in [-0.1, -0.05) is 6.07 Å². The van der Waals surface area contributed by atoms with Crippen molar-refractivity contribution in [3.63, 3.8) is 0 Å². The summed E-state index contributed by atoms with van der Waals surface area (Å²) in [4.78, 5) is 15.9. The second-order valence-electron chi connectivity index (χ2n) is 2.54. The van der Waals surface area contributed by atoms with Crippen molar-refractivity contribution >= 4 is 22.5 Å². The van der Waals surface area contributed by atoms with Crippen LogP contribution in [0.25, 0.3) is 4.91 Å². The average Bonchev–Trinajstić information content (AvgIpc) is 2.15. The molecule has 0 spiro atoms. The molecule has 0 fully saturated rings. The summed E-state index contributed by atoms with van der Waals surface area (Å²) in [6.07, 6.45) is 5.26. The molecule has 1 aromatic heterocycles. The third-order valence-electron chi connectivity index (χ3n) is 1.47. The summed E-state index contributed by atoms with van der Waals surface area (Å²) in [5.41, 5.74) is 0.852. The fraction of sp³-hybridized carbons (Fsp3) is 0.200. The molecule has 0 bridgehead atoms. The van der Waals surface area contributed by atoms with Gasteiger partial charge < -0.3 is 0 Å². The lowest BCUT2D eigenvalue weighted by Crippen LogP contribution is -1.88. The van der Waals surface area contributed by atoms with Gasteiger partial charge in [0, 0.05) is 11.1 Å². The van der Waals surface area contributed by atoms with Crippen molar-refractivity contribution < 1.29 is 4.79 Å². The Labute approximate surface area is 82.1 Å². The Bertz CT molecular complexity index is 319. The van der Waals surface area contributed by atoms with Gasteiger partial charge in [0.25, 0.3) is 0 Å². The number of carbonyl (C=O) groups is 1. The van der Waals surface area contributed by atoms with E-state index in [4.69, 9.17) is 0 Å². The van der Waals surface area contributed by atoms with Gasteiger partial charge in [-0.3, -0.25) is 9.78 Å². The molecule has 0 unspecified atom stereocenters. The Hall–Kier alpha value is -1.09. The molecule has 0 atom stereocenters. The normalized spacial score (nSPS) is 11.4. The third kappa shape index (κ3) is 3.03. The summed E-state index contributed by atoms with van der Waals surface area (Å²) in [7, 11) is 0. The number of hydrogen-bond donors (Lipinski definition) is 0. The summed E-state index contributed by atoms with van der Waals surface area (Å²) in [6, 6.07) is 5.66. The van der Waals surface area contributed by atoms with Crippen molar-refractivity contribution in [3.8, 4) is 0 Å². The van der Waals surface area contributed by atoms with Crippen LogP contribution < -0.4 is 0 Å². The molecule has 68 valence electrons. The Kier molecular flexibility index (Phi) is 3.71. The number of carbonyl (C=O) groups excluding carboxylic acids is 1. The van der Waals surface area contributed by atoms with E-state index in [2.05, 4.69) is 4.98 Å². The van der Waals surface area contributed by atoms with Crippen LogP contribution in [-0.4, -0.2) is 17.0 Å². The van der Waals surface area contributed by atoms with E-state index in [1.54, 1.807) is 19.2 Å². The molecule has 1 heterocycles. The van der Waals surface area contributed by atoms with Crippen molar-refractivity contribution in [2.75, 3.05) is 6.26 Å². The first-order valence-corrected chi connectivity index (χ1v) is 5.14. The van der Waals surface area contributed by atoms with Gasteiger partial charge in [-0.05, 0) is 31.4 Å². The quantitative estimate of drug-likeness (QED) is 0.690. The highest BCUT2D eigenvalue weighted by Gasteiger charge is 2.01. The molecule has 1 aromatic rings. The highest BCUT2D eigenvalue weighted by molar-refractivity contribution is 8.07. The first kappa shape index (κ1) is 9.99. The van der Waals surface area contributed by atoms with E-state index in [0.717, 1.165) is 10.6 Å². The van der Waals surface area contributed by atoms with Gasteiger partial charge in [-0.25, -0.2) is 0 Å². The summed E-state index contributed by atoms with van der Waals surface area (Å²) in [5, 5.41) is 0. The van der Waals surface area contributed by atoms with E-state index in [0.29, 0.717) is 0 Å². The molecule has 0 aliphatic carbocycles. The Balaban J connectivity index is 2.98. The van der Waals surface area contributed by atoms with Crippen LogP contribution in [0.1, 0.15) is 12.6 Å². The van der Waals surface area contributed by atoms with Gasteiger partial charge in [-0.15, -0.1) is 11.8 Å². The zero-order valence-corrected chi connectivity index (χ0v) is 8.47. The zero-order chi connectivity index (χ0) is 9.68. The van der Waals surface area contributed by atoms with Crippen molar-refractivity contribution in [1.82, 2.24) is 4.98 Å². The fourth-order valence-electron chi connectivity index (χ4n) is 0.931. The van der Waals surface area contributed by atoms with Crippen molar-refractivity contribution in [2.24, 2.45) is 0 Å². The minimum Gasteiger partial charge on any atom is -0.295 e. The van der Waals surface area contributed by atoms with Crippen LogP contribution in [0.2, 0.25) is 0 Å². The smallest absolute Gasteiger partial charge is 0.153 e. The Morgan fingerprint density at radius 2 is 2.31 bits per heavy atom. The first-order valence-electron chi connectivity index (χ1n) is 3.91. The predicted octanol–water partition coefficient (Wildman–Crippen LogP) is 2.37. The van der Waals surface area contributed by atoms with E-state index in [1.807, 2.05) is 24.5 Å². The van der Waals surface area contributed by atoms with Crippen molar-refractivity contribution in [3.05, 3.63) is 36.2 Å². The van der Waals surface area contributed by atoms with Crippen LogP contribution in [0.3, 0.4) is 0 Å². The monoisotopic (exact) mass is 193 g/mol. The lowest BCUT2D eigenvalue weighted by Gasteiger charge is -2.00. The predicted molar refractivity (Wildman–Crippen MR) is 56.4 cm³/mol. The van der Waals surface area contributed by atoms with Gasteiger partial charge in [-0.2, -0.15) is 0 Å². The van der Waals surface area contributed by atoms with E-state index >= 15 is 0 Å². The van der Waals surface area contributed by atoms with Crippen LogP contribution in [0.15, 0.2) is 30.5 Å². The summed E-state index contributed by atoms with van der Waals surface area (Å²) >= 11 is 1.53. The first-order chi connectivity index (χ1) is 6.24. The fourth-order valence-corrected chi connectivity index (χ4v) is 1.54. The van der Waals surface area contributed by atoms with E-state index in [1.165, 1.54) is 11.8 Å². The van der Waals surface area contributed by atoms with Gasteiger partial charge in [0.2, 0.25) is 0 Å². The average molecular weight is 193 g/mol. The molecule has 0 saturated carbocycles. The van der Waals surface area contributed by atoms with Crippen LogP contribution in [-0.2, 0) is 4.79 Å². The largest absolute Gasteiger partial charge is 0.295 e. The summed E-state index contributed by atoms with van der Waals surface area (Å²) < 4.78 is 0. The van der Waals surface area contributed by atoms with E-state index in [9.17, 15) is 4.79 Å². The van der Waals surface area contributed by atoms with Crippen molar-refractivity contribution in [2.45, 2.75) is 6.92 Å². The molecule has 0 saturated heterocycles. The van der Waals surface area contributed by atoms with Gasteiger partial charge in [0.15, 0.2) is 5.78 Å². The lowest BCUT2D eigenvalue weighted by atomic mass is 10.3. The van der Waals surface area contributed by atoms with Crippen LogP contribution in [0.4, 0.5) is 0 Å². The Morgan fingerprint density at radius 3 is 2.77 bits per heavy atom. The topological polar surface area (TPSA) is 30.0 Å². The van der Waals surface area contributed by atoms with Crippen LogP contribution >= 0.6 is 11.8 Å². The molecule has 0 amide bonds. The highest BCUT2D eigenvalue weighted by Crippen LogP contribution is 2.22. The van der Waals surface area contributed by atoms with Gasteiger partial charge in [0.1, 0.15) is 0 Å². The molecular formula is C10H11NOS. The number of nitrogens with zero attached hydrogens (tertiary/aromatic N) is 1. The molecule has 0 aromatic carbocycles. The minimum atomic E-state index is 0.0509. The third-order valence-corrected chi connectivity index (χ3v) is 2.24. The number of hydrogen-bond acceptors (Lipinski definition) is 3. The molecule has 2 nitrogen and oxygen atoms in total. The zero-order valence-electron chi connectivity index (χ0n) is 7.65. The van der Waals surface area contributed by atoms with Gasteiger partial charge in [0.05, 0.1) is 5.69 Å². The second-order valence-corrected chi connectivity index (χ2v) is 3.39. The lowest BCUT2D eigenvalue weighted by molar-refractivity contribution is -0.112. The summed E-state index contributed by atoms with van der Waals surface area (Å²) in [6.45, 7) is 1.54. The van der Waals surface area contributed by atoms with Crippen LogP contribution in [0, 0.1) is 0 Å². The number of allylic oxidation sites excluding steroid dienone is 1. The number of ketones is 1. The number of rotatable bonds is 3.